The van der Waals surface area contributed by atoms with Gasteiger partial charge in [-0.25, -0.2) is 9.59 Å². The van der Waals surface area contributed by atoms with Crippen molar-refractivity contribution in [2.75, 3.05) is 46.6 Å². The summed E-state index contributed by atoms with van der Waals surface area (Å²) in [5.74, 6) is 5.78. The fourth-order valence-corrected chi connectivity index (χ4v) is 17.4. The van der Waals surface area contributed by atoms with Gasteiger partial charge in [-0.1, -0.05) is 7.43 Å². The SMILES string of the molecule is C.NCC12CC3CC(CC(C3)C1)C2.O=C(CCOCOCCC(=O)CCC12CC3CC(CC(C3)C1)C2)CCC12CC3CC(CC(C3)C1)C2.O=C(CCOCOCCC(=O)ON1C(=O)CCC1=O)ON1C(=O)CCC1=O. The number of carbonyl (C=O) groups is 8. The molecule has 0 atom stereocenters. The van der Waals surface area contributed by atoms with Crippen LogP contribution in [-0.2, 0) is 67.0 Å². The molecule has 75 heavy (non-hydrogen) atoms. The van der Waals surface area contributed by atoms with Gasteiger partial charge in [-0.05, 0) is 204 Å². The lowest BCUT2D eigenvalue weighted by Crippen LogP contribution is -2.49. The fourth-order valence-electron chi connectivity index (χ4n) is 17.4. The summed E-state index contributed by atoms with van der Waals surface area (Å²) in [5, 5.41) is 0.889. The van der Waals surface area contributed by atoms with Gasteiger partial charge in [-0.15, -0.1) is 10.1 Å². The second kappa shape index (κ2) is 25.9. The van der Waals surface area contributed by atoms with E-state index in [9.17, 15) is 38.4 Å². The summed E-state index contributed by atoms with van der Waals surface area (Å²) in [6.07, 6.45) is 30.5. The van der Waals surface area contributed by atoms with Gasteiger partial charge in [0.25, 0.3) is 23.6 Å². The molecule has 2 saturated heterocycles. The predicted octanol–water partition coefficient (Wildman–Crippen LogP) is 8.66. The Hall–Kier alpha value is -3.64. The van der Waals surface area contributed by atoms with Crippen molar-refractivity contribution in [3.05, 3.63) is 0 Å². The third kappa shape index (κ3) is 15.3. The molecule has 0 aromatic carbocycles. The molecule has 14 aliphatic rings. The molecular weight excluding hydrogens is 963 g/mol. The Labute approximate surface area is 444 Å². The molecule has 2 aliphatic heterocycles. The molecule has 17 nitrogen and oxygen atoms in total. The maximum Gasteiger partial charge on any atom is 0.335 e. The highest BCUT2D eigenvalue weighted by Crippen LogP contribution is 2.63. The van der Waals surface area contributed by atoms with E-state index in [4.69, 9.17) is 24.7 Å². The van der Waals surface area contributed by atoms with Gasteiger partial charge in [0, 0.05) is 51.4 Å². The molecular formula is C58H89N3O14. The van der Waals surface area contributed by atoms with Crippen LogP contribution in [-0.4, -0.2) is 104 Å². The molecule has 4 amide bonds. The Bertz CT molecular complexity index is 1800. The molecule has 0 radical (unpaired) electrons. The maximum absolute atomic E-state index is 12.4. The van der Waals surface area contributed by atoms with Crippen LogP contribution in [0.3, 0.4) is 0 Å². The minimum Gasteiger partial charge on any atom is -0.355 e. The van der Waals surface area contributed by atoms with Crippen molar-refractivity contribution in [1.82, 2.24) is 10.1 Å². The summed E-state index contributed by atoms with van der Waals surface area (Å²) >= 11 is 0. The van der Waals surface area contributed by atoms with Crippen molar-refractivity contribution >= 4 is 47.1 Å². The number of hydrogen-bond acceptors (Lipinski definition) is 15. The van der Waals surface area contributed by atoms with Gasteiger partial charge in [0.15, 0.2) is 0 Å². The molecule has 12 saturated carbocycles. The molecule has 420 valence electrons. The number of Topliss-reactive ketones (excluding diaryl/α,β-unsaturated/α-hetero) is 2. The number of nitrogens with two attached hydrogens (primary N) is 1. The zero-order chi connectivity index (χ0) is 51.9. The van der Waals surface area contributed by atoms with Gasteiger partial charge in [0.2, 0.25) is 0 Å². The standard InChI is InChI=1S/C31H48O4.C15H18N2O10.C11H19N.CH4/c32-28(1-5-30-15-22-9-23(16-30)11-24(10-22)17-30)3-7-34-21-35-8-4-29(33)2-6-31-18-25-12-26(19-31)14-27(13-25)20-31;18-10-1-2-11(19)16(10)26-14(22)5-7-24-9-25-8-6-15(23)27-17-12(20)3-4-13(17)21;12-7-11-4-8-1-9(5-11)3-10(2-8)6-11;/h22-27H,1-21H2;1-9H2;8-10H,1-7,12H2;1H4. The Morgan fingerprint density at radius 3 is 0.920 bits per heavy atom. The molecule has 0 aromatic rings. The Morgan fingerprint density at radius 1 is 0.400 bits per heavy atom. The van der Waals surface area contributed by atoms with Crippen molar-refractivity contribution in [3.63, 3.8) is 0 Å². The van der Waals surface area contributed by atoms with Crippen molar-refractivity contribution in [3.8, 4) is 0 Å². The number of nitrogens with zero attached hydrogens (tertiary/aromatic N) is 2. The second-order valence-electron chi connectivity index (χ2n) is 25.5. The van der Waals surface area contributed by atoms with E-state index in [0.717, 1.165) is 85.5 Å². The highest BCUT2D eigenvalue weighted by Gasteiger charge is 2.53. The van der Waals surface area contributed by atoms with Gasteiger partial charge in [0.05, 0.1) is 39.3 Å². The molecule has 0 aromatic heterocycles. The van der Waals surface area contributed by atoms with Crippen molar-refractivity contribution in [2.45, 2.75) is 200 Å². The number of imide groups is 2. The van der Waals surface area contributed by atoms with E-state index in [0.29, 0.717) is 64.0 Å². The lowest BCUT2D eigenvalue weighted by molar-refractivity contribution is -0.199. The molecule has 0 unspecified atom stereocenters. The van der Waals surface area contributed by atoms with Crippen LogP contribution in [0.25, 0.3) is 0 Å². The normalized spacial score (nSPS) is 35.0. The zero-order valence-electron chi connectivity index (χ0n) is 44.0. The molecule has 12 bridgehead atoms. The Morgan fingerprint density at radius 2 is 0.653 bits per heavy atom. The molecule has 2 heterocycles. The van der Waals surface area contributed by atoms with Crippen molar-refractivity contribution in [2.24, 2.45) is 75.2 Å². The highest BCUT2D eigenvalue weighted by atomic mass is 16.7. The van der Waals surface area contributed by atoms with E-state index in [-0.39, 0.29) is 72.8 Å². The van der Waals surface area contributed by atoms with Crippen LogP contribution in [0.2, 0.25) is 0 Å². The summed E-state index contributed by atoms with van der Waals surface area (Å²) in [6.45, 7) is 1.65. The van der Waals surface area contributed by atoms with Crippen LogP contribution in [0.15, 0.2) is 0 Å². The molecule has 2 N–H and O–H groups in total. The van der Waals surface area contributed by atoms with Crippen molar-refractivity contribution < 1.29 is 67.0 Å². The summed E-state index contributed by atoms with van der Waals surface area (Å²) in [5.41, 5.74) is 7.54. The lowest BCUT2D eigenvalue weighted by atomic mass is 9.48. The Balaban J connectivity index is 0.000000165. The first-order valence-corrected chi connectivity index (χ1v) is 28.8. The van der Waals surface area contributed by atoms with Gasteiger partial charge in [-0.3, -0.25) is 28.8 Å². The smallest absolute Gasteiger partial charge is 0.335 e. The summed E-state index contributed by atoms with van der Waals surface area (Å²) < 4.78 is 21.1. The van der Waals surface area contributed by atoms with Gasteiger partial charge in [-0.2, -0.15) is 0 Å². The number of carbonyl (C=O) groups excluding carboxylic acids is 8. The van der Waals surface area contributed by atoms with Crippen LogP contribution >= 0.6 is 0 Å². The van der Waals surface area contributed by atoms with E-state index in [1.54, 1.807) is 0 Å². The molecule has 17 heteroatoms. The Kier molecular flexibility index (Phi) is 19.9. The minimum atomic E-state index is -0.804. The van der Waals surface area contributed by atoms with Crippen LogP contribution < -0.4 is 5.73 Å². The molecule has 14 fully saturated rings. The third-order valence-corrected chi connectivity index (χ3v) is 19.5. The van der Waals surface area contributed by atoms with Crippen molar-refractivity contribution in [1.29, 1.82) is 0 Å². The average Bonchev–Trinajstić information content (AvgIpc) is 3.84. The molecule has 12 aliphatic carbocycles. The lowest BCUT2D eigenvalue weighted by Gasteiger charge is -2.57. The maximum atomic E-state index is 12.4. The predicted molar refractivity (Wildman–Crippen MR) is 272 cm³/mol. The number of amides is 4. The van der Waals surface area contributed by atoms with Crippen LogP contribution in [0.1, 0.15) is 200 Å². The summed E-state index contributed by atoms with van der Waals surface area (Å²) in [4.78, 5) is 102. The summed E-state index contributed by atoms with van der Waals surface area (Å²) in [7, 11) is 0. The number of hydroxylamine groups is 4. The average molecular weight is 1050 g/mol. The number of rotatable bonds is 25. The van der Waals surface area contributed by atoms with E-state index >= 15 is 0 Å². The number of hydrogen-bond donors (Lipinski definition) is 1. The number of ketones is 2. The van der Waals surface area contributed by atoms with E-state index in [1.807, 2.05) is 0 Å². The van der Waals surface area contributed by atoms with Gasteiger partial charge < -0.3 is 34.4 Å². The van der Waals surface area contributed by atoms with Gasteiger partial charge in [0.1, 0.15) is 25.2 Å². The van der Waals surface area contributed by atoms with Crippen LogP contribution in [0, 0.1) is 69.5 Å². The quantitative estimate of drug-likeness (QED) is 0.0513. The molecule has 14 rings (SSSR count). The number of ether oxygens (including phenoxy) is 4. The monoisotopic (exact) mass is 1050 g/mol. The first-order chi connectivity index (χ1) is 35.6. The molecule has 0 spiro atoms. The third-order valence-electron chi connectivity index (χ3n) is 19.5. The highest BCUT2D eigenvalue weighted by molar-refractivity contribution is 6.02. The van der Waals surface area contributed by atoms with Gasteiger partial charge >= 0.3 is 11.9 Å². The first-order valence-electron chi connectivity index (χ1n) is 28.8. The van der Waals surface area contributed by atoms with E-state index in [1.165, 1.54) is 116 Å². The fraction of sp³-hybridized carbons (Fsp3) is 0.862. The van der Waals surface area contributed by atoms with E-state index in [2.05, 4.69) is 9.68 Å². The second-order valence-corrected chi connectivity index (χ2v) is 25.5. The first kappa shape index (κ1) is 57.5. The van der Waals surface area contributed by atoms with Crippen LogP contribution in [0.4, 0.5) is 0 Å². The topological polar surface area (TPSA) is 224 Å². The zero-order valence-corrected chi connectivity index (χ0v) is 44.0. The van der Waals surface area contributed by atoms with E-state index < -0.39 is 35.6 Å². The van der Waals surface area contributed by atoms with Crippen LogP contribution in [0.5, 0.6) is 0 Å². The summed E-state index contributed by atoms with van der Waals surface area (Å²) in [6, 6.07) is 0. The largest absolute Gasteiger partial charge is 0.355 e. The minimum absolute atomic E-state index is 0.